The Kier molecular flexibility index (Phi) is 4.67. The number of anilines is 2. The molecule has 0 spiro atoms. The summed E-state index contributed by atoms with van der Waals surface area (Å²) in [6.45, 7) is 3.64. The molecule has 0 aliphatic rings. The third-order valence-electron chi connectivity index (χ3n) is 2.85. The quantitative estimate of drug-likeness (QED) is 0.664. The summed E-state index contributed by atoms with van der Waals surface area (Å²) in [6, 6.07) is 1.71. The van der Waals surface area contributed by atoms with Crippen molar-refractivity contribution in [2.45, 2.75) is 26.7 Å². The molecule has 2 rings (SSSR count). The number of aromatic nitrogens is 2. The largest absolute Gasteiger partial charge is 0.340 e. The maximum Gasteiger partial charge on any atom is 0.194 e. The van der Waals surface area contributed by atoms with Crippen molar-refractivity contribution in [1.82, 2.24) is 9.97 Å². The zero-order valence-electron chi connectivity index (χ0n) is 11.5. The lowest BCUT2D eigenvalue weighted by Crippen LogP contribution is -2.04. The van der Waals surface area contributed by atoms with Gasteiger partial charge < -0.3 is 5.32 Å². The standard InChI is InChI=1S/C14H13ClF3N3/c1-3-4-11-20-13(15)7(2)14(21-11)19-8-5-9(16)12(18)10(17)6-8/h5-6H,3-4H2,1-2H3,(H,19,20,21). The monoisotopic (exact) mass is 315 g/mol. The molecule has 21 heavy (non-hydrogen) atoms. The van der Waals surface area contributed by atoms with Gasteiger partial charge in [-0.05, 0) is 13.3 Å². The molecule has 3 nitrogen and oxygen atoms in total. The maximum absolute atomic E-state index is 13.2. The van der Waals surface area contributed by atoms with E-state index in [1.165, 1.54) is 0 Å². The number of hydrogen-bond acceptors (Lipinski definition) is 3. The first-order valence-corrected chi connectivity index (χ1v) is 6.74. The summed E-state index contributed by atoms with van der Waals surface area (Å²) in [5.74, 6) is -3.19. The van der Waals surface area contributed by atoms with Gasteiger partial charge in [0, 0.05) is 29.8 Å². The molecular weight excluding hydrogens is 303 g/mol. The fraction of sp³-hybridized carbons (Fsp3) is 0.286. The first-order valence-electron chi connectivity index (χ1n) is 6.37. The molecule has 7 heteroatoms. The van der Waals surface area contributed by atoms with Crippen LogP contribution in [0.1, 0.15) is 24.7 Å². The lowest BCUT2D eigenvalue weighted by atomic mass is 10.2. The normalized spacial score (nSPS) is 10.8. The Bertz CT molecular complexity index is 654. The van der Waals surface area contributed by atoms with Crippen molar-refractivity contribution in [2.75, 3.05) is 5.32 Å². The summed E-state index contributed by atoms with van der Waals surface area (Å²) in [5.41, 5.74) is 0.591. The van der Waals surface area contributed by atoms with E-state index in [2.05, 4.69) is 15.3 Å². The van der Waals surface area contributed by atoms with E-state index in [4.69, 9.17) is 11.6 Å². The zero-order chi connectivity index (χ0) is 15.6. The Morgan fingerprint density at radius 3 is 2.33 bits per heavy atom. The summed E-state index contributed by atoms with van der Waals surface area (Å²) in [6.07, 6.45) is 1.46. The van der Waals surface area contributed by atoms with Crippen LogP contribution in [0.15, 0.2) is 12.1 Å². The molecule has 0 radical (unpaired) electrons. The highest BCUT2D eigenvalue weighted by atomic mass is 35.5. The maximum atomic E-state index is 13.2. The van der Waals surface area contributed by atoms with Gasteiger partial charge in [-0.1, -0.05) is 18.5 Å². The van der Waals surface area contributed by atoms with Gasteiger partial charge in [-0.15, -0.1) is 0 Å². The third-order valence-corrected chi connectivity index (χ3v) is 3.22. The Labute approximate surface area is 125 Å². The number of nitrogens with one attached hydrogen (secondary N) is 1. The second-order valence-electron chi connectivity index (χ2n) is 4.53. The van der Waals surface area contributed by atoms with Gasteiger partial charge in [0.15, 0.2) is 17.5 Å². The van der Waals surface area contributed by atoms with Crippen LogP contribution in [0.3, 0.4) is 0 Å². The van der Waals surface area contributed by atoms with Crippen LogP contribution in [-0.4, -0.2) is 9.97 Å². The molecule has 0 atom stereocenters. The highest BCUT2D eigenvalue weighted by Gasteiger charge is 2.13. The zero-order valence-corrected chi connectivity index (χ0v) is 12.2. The summed E-state index contributed by atoms with van der Waals surface area (Å²) in [7, 11) is 0. The van der Waals surface area contributed by atoms with Gasteiger partial charge in [0.05, 0.1) is 0 Å². The van der Waals surface area contributed by atoms with Gasteiger partial charge in [-0.3, -0.25) is 0 Å². The van der Waals surface area contributed by atoms with Gasteiger partial charge in [-0.2, -0.15) is 0 Å². The van der Waals surface area contributed by atoms with E-state index in [0.717, 1.165) is 18.6 Å². The summed E-state index contributed by atoms with van der Waals surface area (Å²) >= 11 is 6.01. The highest BCUT2D eigenvalue weighted by Crippen LogP contribution is 2.25. The molecule has 2 aromatic rings. The molecule has 0 fully saturated rings. The Morgan fingerprint density at radius 2 is 1.76 bits per heavy atom. The predicted octanol–water partition coefficient (Wildman–Crippen LogP) is 4.55. The predicted molar refractivity (Wildman–Crippen MR) is 75.4 cm³/mol. The molecule has 0 aliphatic carbocycles. The summed E-state index contributed by atoms with van der Waals surface area (Å²) in [4.78, 5) is 8.37. The smallest absolute Gasteiger partial charge is 0.194 e. The molecule has 0 amide bonds. The average Bonchev–Trinajstić information content (AvgIpc) is 2.42. The van der Waals surface area contributed by atoms with E-state index in [0.29, 0.717) is 23.6 Å². The van der Waals surface area contributed by atoms with Gasteiger partial charge in [0.2, 0.25) is 0 Å². The molecule has 0 bridgehead atoms. The molecule has 1 aromatic heterocycles. The van der Waals surface area contributed by atoms with Crippen molar-refractivity contribution in [3.8, 4) is 0 Å². The van der Waals surface area contributed by atoms with E-state index >= 15 is 0 Å². The number of benzene rings is 1. The second-order valence-corrected chi connectivity index (χ2v) is 4.89. The van der Waals surface area contributed by atoms with Crippen LogP contribution in [0.5, 0.6) is 0 Å². The molecule has 0 unspecified atom stereocenters. The van der Waals surface area contributed by atoms with Gasteiger partial charge in [0.25, 0.3) is 0 Å². The number of halogens is 4. The lowest BCUT2D eigenvalue weighted by Gasteiger charge is -2.11. The fourth-order valence-electron chi connectivity index (χ4n) is 1.75. The summed E-state index contributed by atoms with van der Waals surface area (Å²) in [5, 5.41) is 3.00. The first kappa shape index (κ1) is 15.6. The fourth-order valence-corrected chi connectivity index (χ4v) is 1.94. The number of hydrogen-bond donors (Lipinski definition) is 1. The van der Waals surface area contributed by atoms with E-state index < -0.39 is 17.5 Å². The Morgan fingerprint density at radius 1 is 1.14 bits per heavy atom. The van der Waals surface area contributed by atoms with Crippen LogP contribution in [-0.2, 0) is 6.42 Å². The molecule has 0 aliphatic heterocycles. The summed E-state index contributed by atoms with van der Waals surface area (Å²) < 4.78 is 39.4. The van der Waals surface area contributed by atoms with Crippen molar-refractivity contribution in [1.29, 1.82) is 0 Å². The minimum Gasteiger partial charge on any atom is -0.340 e. The van der Waals surface area contributed by atoms with E-state index in [1.54, 1.807) is 6.92 Å². The van der Waals surface area contributed by atoms with Crippen LogP contribution in [0.25, 0.3) is 0 Å². The van der Waals surface area contributed by atoms with E-state index in [9.17, 15) is 13.2 Å². The van der Waals surface area contributed by atoms with Crippen molar-refractivity contribution in [2.24, 2.45) is 0 Å². The number of nitrogens with zero attached hydrogens (tertiary/aromatic N) is 2. The molecule has 1 N–H and O–H groups in total. The van der Waals surface area contributed by atoms with Crippen LogP contribution in [0.4, 0.5) is 24.7 Å². The molecule has 0 saturated heterocycles. The van der Waals surface area contributed by atoms with Gasteiger partial charge >= 0.3 is 0 Å². The average molecular weight is 316 g/mol. The van der Waals surface area contributed by atoms with Crippen molar-refractivity contribution < 1.29 is 13.2 Å². The van der Waals surface area contributed by atoms with Crippen LogP contribution >= 0.6 is 11.6 Å². The molecule has 1 heterocycles. The Balaban J connectivity index is 2.39. The minimum atomic E-state index is -1.51. The highest BCUT2D eigenvalue weighted by molar-refractivity contribution is 6.30. The SMILES string of the molecule is CCCc1nc(Cl)c(C)c(Nc2cc(F)c(F)c(F)c2)n1. The van der Waals surface area contributed by atoms with Crippen molar-refractivity contribution >= 4 is 23.1 Å². The van der Waals surface area contributed by atoms with Crippen molar-refractivity contribution in [3.05, 3.63) is 46.1 Å². The molecule has 1 aromatic carbocycles. The molecule has 112 valence electrons. The van der Waals surface area contributed by atoms with E-state index in [1.807, 2.05) is 6.92 Å². The number of rotatable bonds is 4. The van der Waals surface area contributed by atoms with Gasteiger partial charge in [-0.25, -0.2) is 23.1 Å². The van der Waals surface area contributed by atoms with Crippen LogP contribution in [0, 0.1) is 24.4 Å². The molecular formula is C14H13ClF3N3. The topological polar surface area (TPSA) is 37.8 Å². The van der Waals surface area contributed by atoms with Crippen LogP contribution in [0.2, 0.25) is 5.15 Å². The second kappa shape index (κ2) is 6.30. The van der Waals surface area contributed by atoms with E-state index in [-0.39, 0.29) is 10.8 Å². The van der Waals surface area contributed by atoms with Crippen molar-refractivity contribution in [3.63, 3.8) is 0 Å². The van der Waals surface area contributed by atoms with Crippen LogP contribution < -0.4 is 5.32 Å². The first-order chi connectivity index (χ1) is 9.92. The Hall–Kier alpha value is -1.82. The van der Waals surface area contributed by atoms with Gasteiger partial charge in [0.1, 0.15) is 16.8 Å². The lowest BCUT2D eigenvalue weighted by molar-refractivity contribution is 0.448. The minimum absolute atomic E-state index is 0.0479. The third kappa shape index (κ3) is 3.44. The number of aryl methyl sites for hydroxylation is 1. The molecule has 0 saturated carbocycles.